The molecule has 0 aliphatic carbocycles. The number of halogens is 3. The number of aryl methyl sites for hydroxylation is 1. The molecule has 117 valence electrons. The van der Waals surface area contributed by atoms with Crippen LogP contribution in [0.3, 0.4) is 0 Å². The van der Waals surface area contributed by atoms with Gasteiger partial charge in [-0.25, -0.2) is 4.98 Å². The second-order valence-electron chi connectivity index (χ2n) is 4.43. The highest BCUT2D eigenvalue weighted by molar-refractivity contribution is 5.64. The lowest BCUT2D eigenvalue weighted by atomic mass is 10.2. The van der Waals surface area contributed by atoms with Crippen LogP contribution in [0.4, 0.5) is 30.6 Å². The van der Waals surface area contributed by atoms with Gasteiger partial charge >= 0.3 is 6.18 Å². The fourth-order valence-electron chi connectivity index (χ4n) is 1.81. The first-order valence-corrected chi connectivity index (χ1v) is 6.30. The number of alkyl halides is 3. The van der Waals surface area contributed by atoms with Crippen molar-refractivity contribution >= 4 is 17.5 Å². The number of methoxy groups -OCH3 is 1. The lowest BCUT2D eigenvalue weighted by Crippen LogP contribution is -2.12. The molecule has 0 saturated heterocycles. The Morgan fingerprint density at radius 3 is 2.64 bits per heavy atom. The standard InChI is InChI=1S/C14H14F3N4O/c1-8-4-5-11(22-3)10(6-8)20-13-19-7-9(14(15,16)17)12(18-2)21-13/h5-7H,1-3H3,(H2,18,19,20,21). The third-order valence-electron chi connectivity index (χ3n) is 2.85. The Labute approximate surface area is 125 Å². The van der Waals surface area contributed by atoms with Gasteiger partial charge in [0.15, 0.2) is 0 Å². The van der Waals surface area contributed by atoms with E-state index < -0.39 is 11.7 Å². The fourth-order valence-corrected chi connectivity index (χ4v) is 1.81. The second-order valence-corrected chi connectivity index (χ2v) is 4.43. The van der Waals surface area contributed by atoms with Crippen LogP contribution >= 0.6 is 0 Å². The van der Waals surface area contributed by atoms with Crippen LogP contribution in [0.2, 0.25) is 0 Å². The summed E-state index contributed by atoms with van der Waals surface area (Å²) in [5.41, 5.74) is 0.453. The number of anilines is 3. The topological polar surface area (TPSA) is 59.1 Å². The van der Waals surface area contributed by atoms with Gasteiger partial charge in [0.05, 0.1) is 12.8 Å². The normalized spacial score (nSPS) is 11.2. The van der Waals surface area contributed by atoms with Crippen molar-refractivity contribution in [3.63, 3.8) is 0 Å². The van der Waals surface area contributed by atoms with Crippen LogP contribution in [0.25, 0.3) is 0 Å². The zero-order chi connectivity index (χ0) is 16.3. The van der Waals surface area contributed by atoms with E-state index in [0.29, 0.717) is 11.4 Å². The summed E-state index contributed by atoms with van der Waals surface area (Å²) in [5.74, 6) is 0.213. The first-order chi connectivity index (χ1) is 10.3. The molecule has 2 aromatic rings. The Hall–Kier alpha value is -2.51. The molecule has 0 aliphatic heterocycles. The maximum Gasteiger partial charge on any atom is 0.421 e. The number of benzene rings is 1. The van der Waals surface area contributed by atoms with Crippen molar-refractivity contribution in [3.8, 4) is 5.75 Å². The van der Waals surface area contributed by atoms with E-state index in [2.05, 4.69) is 26.7 Å². The van der Waals surface area contributed by atoms with E-state index in [1.807, 2.05) is 6.92 Å². The average Bonchev–Trinajstić information content (AvgIpc) is 2.46. The molecule has 0 bridgehead atoms. The molecule has 0 atom stereocenters. The van der Waals surface area contributed by atoms with Gasteiger partial charge in [0.2, 0.25) is 5.95 Å². The Morgan fingerprint density at radius 2 is 2.05 bits per heavy atom. The molecule has 1 radical (unpaired) electrons. The van der Waals surface area contributed by atoms with Crippen molar-refractivity contribution in [1.29, 1.82) is 0 Å². The Balaban J connectivity index is 2.37. The maximum atomic E-state index is 12.8. The second kappa shape index (κ2) is 6.08. The fraction of sp³-hybridized carbons (Fsp3) is 0.286. The summed E-state index contributed by atoms with van der Waals surface area (Å²) in [6, 6.07) is 6.32. The third kappa shape index (κ3) is 3.38. The molecule has 1 aromatic heterocycles. The Morgan fingerprint density at radius 1 is 1.32 bits per heavy atom. The van der Waals surface area contributed by atoms with E-state index in [0.717, 1.165) is 11.8 Å². The van der Waals surface area contributed by atoms with Crippen molar-refractivity contribution < 1.29 is 17.9 Å². The van der Waals surface area contributed by atoms with E-state index in [9.17, 15) is 13.2 Å². The van der Waals surface area contributed by atoms with E-state index >= 15 is 0 Å². The van der Waals surface area contributed by atoms with Crippen molar-refractivity contribution in [3.05, 3.63) is 35.5 Å². The Bertz CT molecular complexity index is 674. The number of rotatable bonds is 4. The van der Waals surface area contributed by atoms with Crippen molar-refractivity contribution in [2.45, 2.75) is 13.1 Å². The van der Waals surface area contributed by atoms with Crippen LogP contribution in [-0.4, -0.2) is 24.1 Å². The van der Waals surface area contributed by atoms with Gasteiger partial charge in [0.25, 0.3) is 0 Å². The first-order valence-electron chi connectivity index (χ1n) is 6.30. The zero-order valence-electron chi connectivity index (χ0n) is 12.2. The molecule has 22 heavy (non-hydrogen) atoms. The van der Waals surface area contributed by atoms with Gasteiger partial charge in [-0.15, -0.1) is 0 Å². The number of ether oxygens (including phenoxy) is 1. The van der Waals surface area contributed by atoms with Gasteiger partial charge in [-0.3, -0.25) is 0 Å². The summed E-state index contributed by atoms with van der Waals surface area (Å²) < 4.78 is 43.6. The number of hydrogen-bond donors (Lipinski definition) is 2. The van der Waals surface area contributed by atoms with Crippen LogP contribution in [0, 0.1) is 13.0 Å². The molecule has 2 N–H and O–H groups in total. The lowest BCUT2D eigenvalue weighted by Gasteiger charge is -2.14. The summed E-state index contributed by atoms with van der Waals surface area (Å²) in [6.07, 6.45) is -3.79. The molecule has 0 amide bonds. The van der Waals surface area contributed by atoms with Gasteiger partial charge in [-0.1, -0.05) is 0 Å². The van der Waals surface area contributed by atoms with Crippen molar-refractivity contribution in [2.75, 3.05) is 24.8 Å². The molecule has 5 nitrogen and oxygen atoms in total. The maximum absolute atomic E-state index is 12.8. The van der Waals surface area contributed by atoms with Crippen molar-refractivity contribution in [2.24, 2.45) is 0 Å². The van der Waals surface area contributed by atoms with E-state index in [-0.39, 0.29) is 11.8 Å². The van der Waals surface area contributed by atoms with Gasteiger partial charge in [0.1, 0.15) is 17.1 Å². The van der Waals surface area contributed by atoms with Crippen LogP contribution < -0.4 is 15.4 Å². The molecule has 0 spiro atoms. The molecule has 1 heterocycles. The number of nitrogens with one attached hydrogen (secondary N) is 2. The number of hydrogen-bond acceptors (Lipinski definition) is 5. The molecular weight excluding hydrogens is 297 g/mol. The average molecular weight is 311 g/mol. The smallest absolute Gasteiger partial charge is 0.421 e. The largest absolute Gasteiger partial charge is 0.495 e. The first kappa shape index (κ1) is 15.9. The van der Waals surface area contributed by atoms with Gasteiger partial charge in [-0.2, -0.15) is 18.2 Å². The minimum absolute atomic E-state index is 0.0289. The van der Waals surface area contributed by atoms with Crippen LogP contribution in [0.1, 0.15) is 11.1 Å². The van der Waals surface area contributed by atoms with Gasteiger partial charge in [0, 0.05) is 13.2 Å². The zero-order valence-corrected chi connectivity index (χ0v) is 12.2. The minimum atomic E-state index is -4.52. The number of nitrogens with zero attached hydrogens (tertiary/aromatic N) is 2. The van der Waals surface area contributed by atoms with Crippen LogP contribution in [-0.2, 0) is 6.18 Å². The summed E-state index contributed by atoms with van der Waals surface area (Å²) in [6.45, 7) is 1.83. The van der Waals surface area contributed by atoms with Crippen LogP contribution in [0.15, 0.2) is 18.3 Å². The molecule has 0 unspecified atom stereocenters. The molecule has 8 heteroatoms. The van der Waals surface area contributed by atoms with Crippen molar-refractivity contribution in [1.82, 2.24) is 9.97 Å². The summed E-state index contributed by atoms with van der Waals surface area (Å²) in [4.78, 5) is 7.55. The van der Waals surface area contributed by atoms with Crippen LogP contribution in [0.5, 0.6) is 5.75 Å². The third-order valence-corrected chi connectivity index (χ3v) is 2.85. The van der Waals surface area contributed by atoms with E-state index in [1.165, 1.54) is 14.2 Å². The van der Waals surface area contributed by atoms with Gasteiger partial charge < -0.3 is 15.4 Å². The molecule has 0 fully saturated rings. The molecule has 1 aromatic carbocycles. The molecule has 2 rings (SSSR count). The Kier molecular flexibility index (Phi) is 4.39. The minimum Gasteiger partial charge on any atom is -0.495 e. The summed E-state index contributed by atoms with van der Waals surface area (Å²) in [7, 11) is 2.85. The molecule has 0 aliphatic rings. The predicted octanol–water partition coefficient (Wildman–Crippen LogP) is 3.40. The molecule has 0 saturated carbocycles. The molecular formula is C14H14F3N4O. The highest BCUT2D eigenvalue weighted by Gasteiger charge is 2.35. The highest BCUT2D eigenvalue weighted by atomic mass is 19.4. The predicted molar refractivity (Wildman–Crippen MR) is 76.4 cm³/mol. The van der Waals surface area contributed by atoms with Gasteiger partial charge in [-0.05, 0) is 30.7 Å². The lowest BCUT2D eigenvalue weighted by molar-refractivity contribution is -0.137. The summed E-state index contributed by atoms with van der Waals surface area (Å²) >= 11 is 0. The summed E-state index contributed by atoms with van der Waals surface area (Å²) in [5, 5.41) is 5.26. The quantitative estimate of drug-likeness (QED) is 0.906. The van der Waals surface area contributed by atoms with E-state index in [4.69, 9.17) is 4.74 Å². The SMILES string of the molecule is CNc1nc(Nc2cc(C)[c]cc2OC)ncc1C(F)(F)F. The monoisotopic (exact) mass is 311 g/mol. The highest BCUT2D eigenvalue weighted by Crippen LogP contribution is 2.34. The van der Waals surface area contributed by atoms with E-state index in [1.54, 1.807) is 12.1 Å². The number of aromatic nitrogens is 2.